The first kappa shape index (κ1) is 19.5. The van der Waals surface area contributed by atoms with E-state index in [1.165, 1.54) is 24.3 Å². The van der Waals surface area contributed by atoms with Crippen LogP contribution in [0.1, 0.15) is 15.9 Å². The number of carbonyl (C=O) groups excluding carboxylic acids is 2. The summed E-state index contributed by atoms with van der Waals surface area (Å²) in [5, 5.41) is 11.7. The number of hydrazine groups is 1. The van der Waals surface area contributed by atoms with Gasteiger partial charge < -0.3 is 4.74 Å². The van der Waals surface area contributed by atoms with Crippen molar-refractivity contribution in [2.75, 3.05) is 7.11 Å². The SMILES string of the molecule is COc1cccc(/C=C2/SC(=S)N(NC(=O)c3ccc([N+](=O)[O-])cc3)C2=O)c1. The zero-order valence-electron chi connectivity index (χ0n) is 14.4. The predicted octanol–water partition coefficient (Wildman–Crippen LogP) is 3.15. The molecular weight excluding hydrogens is 402 g/mol. The highest BCUT2D eigenvalue weighted by Crippen LogP contribution is 2.32. The molecule has 1 aliphatic heterocycles. The molecule has 142 valence electrons. The predicted molar refractivity (Wildman–Crippen MR) is 109 cm³/mol. The molecule has 1 saturated heterocycles. The number of nitro benzene ring substituents is 1. The zero-order chi connectivity index (χ0) is 20.3. The number of hydrogen-bond donors (Lipinski definition) is 1. The molecule has 2 aromatic carbocycles. The van der Waals surface area contributed by atoms with E-state index in [-0.39, 0.29) is 15.6 Å². The lowest BCUT2D eigenvalue weighted by atomic mass is 10.2. The Morgan fingerprint density at radius 1 is 1.29 bits per heavy atom. The second kappa shape index (κ2) is 8.19. The van der Waals surface area contributed by atoms with Crippen molar-refractivity contribution in [3.8, 4) is 5.75 Å². The number of non-ortho nitro benzene ring substituents is 1. The highest BCUT2D eigenvalue weighted by Gasteiger charge is 2.33. The Labute approximate surface area is 169 Å². The van der Waals surface area contributed by atoms with Gasteiger partial charge in [-0.2, -0.15) is 5.01 Å². The molecule has 0 unspecified atom stereocenters. The van der Waals surface area contributed by atoms with Crippen molar-refractivity contribution in [1.82, 2.24) is 10.4 Å². The maximum absolute atomic E-state index is 12.6. The Balaban J connectivity index is 1.75. The van der Waals surface area contributed by atoms with Crippen molar-refractivity contribution in [2.24, 2.45) is 0 Å². The molecule has 0 saturated carbocycles. The summed E-state index contributed by atoms with van der Waals surface area (Å²) in [7, 11) is 1.55. The third-order valence-corrected chi connectivity index (χ3v) is 5.04. The molecule has 2 aromatic rings. The van der Waals surface area contributed by atoms with E-state index in [4.69, 9.17) is 17.0 Å². The maximum Gasteiger partial charge on any atom is 0.285 e. The Hall–Kier alpha value is -3.24. The van der Waals surface area contributed by atoms with E-state index in [0.29, 0.717) is 10.7 Å². The summed E-state index contributed by atoms with van der Waals surface area (Å²) in [6, 6.07) is 12.2. The number of nitro groups is 1. The highest BCUT2D eigenvalue weighted by atomic mass is 32.2. The number of amides is 2. The molecule has 1 aliphatic rings. The van der Waals surface area contributed by atoms with Crippen molar-refractivity contribution in [3.63, 3.8) is 0 Å². The molecule has 8 nitrogen and oxygen atoms in total. The summed E-state index contributed by atoms with van der Waals surface area (Å²) in [6.07, 6.45) is 1.65. The molecular formula is C18H13N3O5S2. The van der Waals surface area contributed by atoms with Crippen LogP contribution in [0.2, 0.25) is 0 Å². The minimum atomic E-state index is -0.603. The number of hydrogen-bond acceptors (Lipinski definition) is 7. The van der Waals surface area contributed by atoms with Crippen molar-refractivity contribution in [3.05, 3.63) is 74.7 Å². The lowest BCUT2D eigenvalue weighted by molar-refractivity contribution is -0.384. The van der Waals surface area contributed by atoms with Gasteiger partial charge >= 0.3 is 0 Å². The minimum absolute atomic E-state index is 0.136. The van der Waals surface area contributed by atoms with Gasteiger partial charge in [0.1, 0.15) is 5.75 Å². The summed E-state index contributed by atoms with van der Waals surface area (Å²) >= 11 is 6.24. The first-order valence-electron chi connectivity index (χ1n) is 7.86. The average Bonchev–Trinajstić information content (AvgIpc) is 2.95. The topological polar surface area (TPSA) is 102 Å². The molecule has 0 aromatic heterocycles. The summed E-state index contributed by atoms with van der Waals surface area (Å²) in [6.45, 7) is 0. The zero-order valence-corrected chi connectivity index (χ0v) is 16.1. The molecule has 1 fully saturated rings. The van der Waals surface area contributed by atoms with Crippen molar-refractivity contribution in [1.29, 1.82) is 0 Å². The molecule has 3 rings (SSSR count). The molecule has 10 heteroatoms. The summed E-state index contributed by atoms with van der Waals surface area (Å²) in [5.41, 5.74) is 3.21. The van der Waals surface area contributed by atoms with Crippen LogP contribution in [0, 0.1) is 10.1 Å². The number of rotatable bonds is 5. The van der Waals surface area contributed by atoms with Crippen LogP contribution in [0.15, 0.2) is 53.4 Å². The van der Waals surface area contributed by atoms with Gasteiger partial charge in [-0.15, -0.1) is 0 Å². The van der Waals surface area contributed by atoms with E-state index >= 15 is 0 Å². The average molecular weight is 415 g/mol. The van der Waals surface area contributed by atoms with Gasteiger partial charge in [0, 0.05) is 17.7 Å². The second-order valence-electron chi connectivity index (χ2n) is 5.54. The van der Waals surface area contributed by atoms with Crippen molar-refractivity contribution >= 4 is 51.9 Å². The van der Waals surface area contributed by atoms with Gasteiger partial charge in [0.2, 0.25) is 0 Å². The standard InChI is InChI=1S/C18H13N3O5S2/c1-26-14-4-2-3-11(9-14)10-15-17(23)20(18(27)28-15)19-16(22)12-5-7-13(8-6-12)21(24)25/h2-10H,1H3,(H,19,22)/b15-10+. The number of nitrogens with zero attached hydrogens (tertiary/aromatic N) is 2. The van der Waals surface area contributed by atoms with Gasteiger partial charge in [-0.1, -0.05) is 23.9 Å². The fourth-order valence-corrected chi connectivity index (χ4v) is 3.53. The first-order valence-corrected chi connectivity index (χ1v) is 9.09. The lowest BCUT2D eigenvalue weighted by Crippen LogP contribution is -2.44. The summed E-state index contributed by atoms with van der Waals surface area (Å²) in [4.78, 5) is 35.4. The Morgan fingerprint density at radius 2 is 2.00 bits per heavy atom. The van der Waals surface area contributed by atoms with Crippen LogP contribution in [-0.2, 0) is 4.79 Å². The monoisotopic (exact) mass is 415 g/mol. The number of nitrogens with one attached hydrogen (secondary N) is 1. The largest absolute Gasteiger partial charge is 0.497 e. The Kier molecular flexibility index (Phi) is 5.71. The number of thiocarbonyl (C=S) groups is 1. The van der Waals surface area contributed by atoms with E-state index in [9.17, 15) is 19.7 Å². The lowest BCUT2D eigenvalue weighted by Gasteiger charge is -2.15. The van der Waals surface area contributed by atoms with E-state index < -0.39 is 16.7 Å². The van der Waals surface area contributed by atoms with E-state index in [1.54, 1.807) is 31.4 Å². The normalized spacial score (nSPS) is 15.0. The van der Waals surface area contributed by atoms with Crippen LogP contribution in [0.4, 0.5) is 5.69 Å². The van der Waals surface area contributed by atoms with Crippen LogP contribution < -0.4 is 10.2 Å². The highest BCUT2D eigenvalue weighted by molar-refractivity contribution is 8.26. The van der Waals surface area contributed by atoms with Gasteiger partial charge in [0.05, 0.1) is 16.9 Å². The number of thioether (sulfide) groups is 1. The number of carbonyl (C=O) groups is 2. The number of methoxy groups -OCH3 is 1. The minimum Gasteiger partial charge on any atom is -0.497 e. The molecule has 28 heavy (non-hydrogen) atoms. The van der Waals surface area contributed by atoms with Crippen LogP contribution in [0.3, 0.4) is 0 Å². The summed E-state index contributed by atoms with van der Waals surface area (Å²) in [5.74, 6) is -0.419. The fourth-order valence-electron chi connectivity index (χ4n) is 2.35. The van der Waals surface area contributed by atoms with Crippen LogP contribution in [0.25, 0.3) is 6.08 Å². The van der Waals surface area contributed by atoms with Gasteiger partial charge in [0.15, 0.2) is 4.32 Å². The van der Waals surface area contributed by atoms with Gasteiger partial charge in [-0.25, -0.2) is 0 Å². The van der Waals surface area contributed by atoms with Gasteiger partial charge in [-0.05, 0) is 48.1 Å². The molecule has 0 aliphatic carbocycles. The van der Waals surface area contributed by atoms with Crippen molar-refractivity contribution < 1.29 is 19.2 Å². The van der Waals surface area contributed by atoms with E-state index in [0.717, 1.165) is 22.3 Å². The molecule has 0 radical (unpaired) electrons. The maximum atomic E-state index is 12.6. The van der Waals surface area contributed by atoms with Crippen molar-refractivity contribution in [2.45, 2.75) is 0 Å². The van der Waals surface area contributed by atoms with Crippen LogP contribution in [0.5, 0.6) is 5.75 Å². The van der Waals surface area contributed by atoms with Crippen LogP contribution >= 0.6 is 24.0 Å². The summed E-state index contributed by atoms with van der Waals surface area (Å²) < 4.78 is 5.33. The Bertz CT molecular complexity index is 1000. The molecule has 1 heterocycles. The van der Waals surface area contributed by atoms with E-state index in [2.05, 4.69) is 5.43 Å². The molecule has 2 amide bonds. The van der Waals surface area contributed by atoms with Gasteiger partial charge in [0.25, 0.3) is 17.5 Å². The molecule has 1 N–H and O–H groups in total. The smallest absolute Gasteiger partial charge is 0.285 e. The number of benzene rings is 2. The molecule has 0 spiro atoms. The Morgan fingerprint density at radius 3 is 2.64 bits per heavy atom. The van der Waals surface area contributed by atoms with Crippen LogP contribution in [-0.4, -0.2) is 33.2 Å². The van der Waals surface area contributed by atoms with E-state index in [1.807, 2.05) is 6.07 Å². The number of ether oxygens (including phenoxy) is 1. The molecule has 0 atom stereocenters. The molecule has 0 bridgehead atoms. The third-order valence-electron chi connectivity index (χ3n) is 3.74. The second-order valence-corrected chi connectivity index (χ2v) is 7.21. The first-order chi connectivity index (χ1) is 13.4. The third kappa shape index (κ3) is 4.18. The fraction of sp³-hybridized carbons (Fsp3) is 0.0556. The van der Waals surface area contributed by atoms with Gasteiger partial charge in [-0.3, -0.25) is 25.1 Å². The quantitative estimate of drug-likeness (QED) is 0.346.